The number of halogens is 1. The Labute approximate surface area is 124 Å². The summed E-state index contributed by atoms with van der Waals surface area (Å²) in [6.45, 7) is 0.233. The molecular formula is C18H18FNO. The quantitative estimate of drug-likeness (QED) is 0.917. The number of carbonyl (C=O) groups is 1. The van der Waals surface area contributed by atoms with Crippen LogP contribution in [0.2, 0.25) is 0 Å². The van der Waals surface area contributed by atoms with Crippen LogP contribution in [0.25, 0.3) is 0 Å². The second-order valence-corrected chi connectivity index (χ2v) is 5.50. The zero-order valence-electron chi connectivity index (χ0n) is 11.9. The van der Waals surface area contributed by atoms with Crippen LogP contribution in [0.1, 0.15) is 28.7 Å². The van der Waals surface area contributed by atoms with Gasteiger partial charge in [-0.2, -0.15) is 0 Å². The Kier molecular flexibility index (Phi) is 4.00. The van der Waals surface area contributed by atoms with Crippen LogP contribution in [0.15, 0.2) is 42.5 Å². The van der Waals surface area contributed by atoms with Crippen molar-refractivity contribution in [1.29, 1.82) is 0 Å². The fourth-order valence-electron chi connectivity index (χ4n) is 2.82. The SMILES string of the molecule is O=C(Cc1ccc2c(c1)CCC2)NCc1ccccc1F. The summed E-state index contributed by atoms with van der Waals surface area (Å²) in [6.07, 6.45) is 3.81. The van der Waals surface area contributed by atoms with Crippen molar-refractivity contribution in [3.8, 4) is 0 Å². The molecule has 0 atom stereocenters. The van der Waals surface area contributed by atoms with Gasteiger partial charge in [0.15, 0.2) is 0 Å². The summed E-state index contributed by atoms with van der Waals surface area (Å²) in [5.41, 5.74) is 4.32. The summed E-state index contributed by atoms with van der Waals surface area (Å²) in [4.78, 5) is 12.0. The number of amides is 1. The fraction of sp³-hybridized carbons (Fsp3) is 0.278. The molecule has 21 heavy (non-hydrogen) atoms. The maximum absolute atomic E-state index is 13.5. The van der Waals surface area contributed by atoms with Gasteiger partial charge in [0.2, 0.25) is 5.91 Å². The van der Waals surface area contributed by atoms with Gasteiger partial charge in [0.1, 0.15) is 5.82 Å². The minimum Gasteiger partial charge on any atom is -0.352 e. The third-order valence-corrected chi connectivity index (χ3v) is 3.96. The van der Waals surface area contributed by atoms with E-state index in [1.807, 2.05) is 6.07 Å². The summed E-state index contributed by atoms with van der Waals surface area (Å²) in [5.74, 6) is -0.355. The van der Waals surface area contributed by atoms with Crippen molar-refractivity contribution in [2.75, 3.05) is 0 Å². The van der Waals surface area contributed by atoms with Crippen LogP contribution >= 0.6 is 0 Å². The van der Waals surface area contributed by atoms with E-state index in [0.717, 1.165) is 18.4 Å². The molecule has 0 fully saturated rings. The zero-order valence-corrected chi connectivity index (χ0v) is 11.9. The highest BCUT2D eigenvalue weighted by Gasteiger charge is 2.12. The lowest BCUT2D eigenvalue weighted by Gasteiger charge is -2.08. The minimum atomic E-state index is -0.282. The van der Waals surface area contributed by atoms with Crippen molar-refractivity contribution < 1.29 is 9.18 Å². The molecule has 0 heterocycles. The monoisotopic (exact) mass is 283 g/mol. The summed E-state index contributed by atoms with van der Waals surface area (Å²) < 4.78 is 13.5. The summed E-state index contributed by atoms with van der Waals surface area (Å²) in [7, 11) is 0. The van der Waals surface area contributed by atoms with Crippen LogP contribution in [0, 0.1) is 5.82 Å². The minimum absolute atomic E-state index is 0.0730. The first kappa shape index (κ1) is 13.8. The summed E-state index contributed by atoms with van der Waals surface area (Å²) in [6, 6.07) is 12.8. The number of nitrogens with one attached hydrogen (secondary N) is 1. The van der Waals surface area contributed by atoms with E-state index in [1.54, 1.807) is 18.2 Å². The molecule has 1 N–H and O–H groups in total. The molecule has 2 aromatic carbocycles. The van der Waals surface area contributed by atoms with Gasteiger partial charge in [-0.05, 0) is 42.0 Å². The van der Waals surface area contributed by atoms with E-state index >= 15 is 0 Å². The van der Waals surface area contributed by atoms with Crippen molar-refractivity contribution in [1.82, 2.24) is 5.32 Å². The topological polar surface area (TPSA) is 29.1 Å². The number of hydrogen-bond donors (Lipinski definition) is 1. The second-order valence-electron chi connectivity index (χ2n) is 5.50. The van der Waals surface area contributed by atoms with Gasteiger partial charge >= 0.3 is 0 Å². The molecule has 1 aliphatic carbocycles. The number of carbonyl (C=O) groups excluding carboxylic acids is 1. The largest absolute Gasteiger partial charge is 0.352 e. The smallest absolute Gasteiger partial charge is 0.224 e. The number of benzene rings is 2. The number of hydrogen-bond acceptors (Lipinski definition) is 1. The van der Waals surface area contributed by atoms with Crippen molar-refractivity contribution in [3.63, 3.8) is 0 Å². The predicted octanol–water partition coefficient (Wildman–Crippen LogP) is 3.17. The Bertz CT molecular complexity index is 666. The molecule has 1 aliphatic rings. The van der Waals surface area contributed by atoms with Crippen LogP contribution in [0.4, 0.5) is 4.39 Å². The molecule has 0 spiro atoms. The van der Waals surface area contributed by atoms with E-state index in [9.17, 15) is 9.18 Å². The first-order valence-corrected chi connectivity index (χ1v) is 7.33. The molecule has 0 aromatic heterocycles. The molecular weight excluding hydrogens is 265 g/mol. The molecule has 2 nitrogen and oxygen atoms in total. The molecule has 0 unspecified atom stereocenters. The normalized spacial score (nSPS) is 13.0. The molecule has 0 bridgehead atoms. The lowest BCUT2D eigenvalue weighted by Crippen LogP contribution is -2.25. The Hall–Kier alpha value is -2.16. The summed E-state index contributed by atoms with van der Waals surface area (Å²) in [5, 5.41) is 2.78. The van der Waals surface area contributed by atoms with Crippen molar-refractivity contribution >= 4 is 5.91 Å². The molecule has 0 saturated heterocycles. The molecule has 3 heteroatoms. The van der Waals surface area contributed by atoms with Gasteiger partial charge in [-0.25, -0.2) is 4.39 Å². The lowest BCUT2D eigenvalue weighted by molar-refractivity contribution is -0.120. The van der Waals surface area contributed by atoms with Crippen molar-refractivity contribution in [2.24, 2.45) is 0 Å². The Morgan fingerprint density at radius 1 is 1.10 bits per heavy atom. The second kappa shape index (κ2) is 6.08. The molecule has 0 saturated carbocycles. The maximum Gasteiger partial charge on any atom is 0.224 e. The van der Waals surface area contributed by atoms with Gasteiger partial charge in [-0.3, -0.25) is 4.79 Å². The fourth-order valence-corrected chi connectivity index (χ4v) is 2.82. The highest BCUT2D eigenvalue weighted by atomic mass is 19.1. The molecule has 1 amide bonds. The first-order valence-electron chi connectivity index (χ1n) is 7.33. The third kappa shape index (κ3) is 3.30. The number of rotatable bonds is 4. The average Bonchev–Trinajstić information content (AvgIpc) is 2.94. The van der Waals surface area contributed by atoms with E-state index in [2.05, 4.69) is 17.4 Å². The van der Waals surface area contributed by atoms with Crippen LogP contribution in [-0.2, 0) is 30.6 Å². The Morgan fingerprint density at radius 2 is 1.90 bits per heavy atom. The average molecular weight is 283 g/mol. The van der Waals surface area contributed by atoms with Gasteiger partial charge in [0.25, 0.3) is 0 Å². The Balaban J connectivity index is 1.58. The predicted molar refractivity (Wildman–Crippen MR) is 80.4 cm³/mol. The van der Waals surface area contributed by atoms with Gasteiger partial charge in [0, 0.05) is 12.1 Å². The lowest BCUT2D eigenvalue weighted by atomic mass is 10.0. The van der Waals surface area contributed by atoms with E-state index in [1.165, 1.54) is 23.6 Å². The highest BCUT2D eigenvalue weighted by molar-refractivity contribution is 5.78. The number of aryl methyl sites for hydroxylation is 2. The molecule has 0 aliphatic heterocycles. The van der Waals surface area contributed by atoms with Crippen molar-refractivity contribution in [2.45, 2.75) is 32.2 Å². The Morgan fingerprint density at radius 3 is 2.76 bits per heavy atom. The molecule has 2 aromatic rings. The molecule has 108 valence electrons. The van der Waals surface area contributed by atoms with Crippen LogP contribution < -0.4 is 5.32 Å². The highest BCUT2D eigenvalue weighted by Crippen LogP contribution is 2.22. The third-order valence-electron chi connectivity index (χ3n) is 3.96. The van der Waals surface area contributed by atoms with Crippen LogP contribution in [0.5, 0.6) is 0 Å². The standard InChI is InChI=1S/C18H18FNO/c19-17-7-2-1-4-16(17)12-20-18(21)11-13-8-9-14-5-3-6-15(14)10-13/h1-2,4,7-10H,3,5-6,11-12H2,(H,20,21). The van der Waals surface area contributed by atoms with E-state index in [-0.39, 0.29) is 18.3 Å². The van der Waals surface area contributed by atoms with E-state index in [4.69, 9.17) is 0 Å². The van der Waals surface area contributed by atoms with Crippen LogP contribution in [-0.4, -0.2) is 5.91 Å². The summed E-state index contributed by atoms with van der Waals surface area (Å²) >= 11 is 0. The number of fused-ring (bicyclic) bond motifs is 1. The van der Waals surface area contributed by atoms with E-state index < -0.39 is 0 Å². The van der Waals surface area contributed by atoms with E-state index in [0.29, 0.717) is 12.0 Å². The zero-order chi connectivity index (χ0) is 14.7. The van der Waals surface area contributed by atoms with Gasteiger partial charge in [-0.15, -0.1) is 0 Å². The molecule has 0 radical (unpaired) electrons. The van der Waals surface area contributed by atoms with Gasteiger partial charge < -0.3 is 5.32 Å². The maximum atomic E-state index is 13.5. The van der Waals surface area contributed by atoms with Crippen molar-refractivity contribution in [3.05, 3.63) is 70.5 Å². The van der Waals surface area contributed by atoms with Gasteiger partial charge in [-0.1, -0.05) is 36.4 Å². The van der Waals surface area contributed by atoms with Gasteiger partial charge in [0.05, 0.1) is 6.42 Å². The first-order chi connectivity index (χ1) is 10.2. The van der Waals surface area contributed by atoms with Crippen LogP contribution in [0.3, 0.4) is 0 Å². The molecule has 3 rings (SSSR count).